The molecule has 0 saturated carbocycles. The fourth-order valence-corrected chi connectivity index (χ4v) is 2.37. The van der Waals surface area contributed by atoms with Gasteiger partial charge in [0.05, 0.1) is 0 Å². The van der Waals surface area contributed by atoms with E-state index in [1.54, 1.807) is 0 Å². The van der Waals surface area contributed by atoms with Crippen LogP contribution in [0.3, 0.4) is 0 Å². The maximum absolute atomic E-state index is 5.99. The Hall–Kier alpha value is -0.470. The van der Waals surface area contributed by atoms with E-state index in [0.717, 1.165) is 6.42 Å². The Morgan fingerprint density at radius 2 is 1.69 bits per heavy atom. The fraction of sp³-hybridized carbons (Fsp3) is 0.571. The molecule has 0 radical (unpaired) electrons. The van der Waals surface area contributed by atoms with Crippen LogP contribution < -0.4 is 5.73 Å². The molecule has 90 valence electrons. The Morgan fingerprint density at radius 1 is 1.12 bits per heavy atom. The van der Waals surface area contributed by atoms with Crippen LogP contribution in [0.5, 0.6) is 0 Å². The Kier molecular flexibility index (Phi) is 5.36. The first-order valence-corrected chi connectivity index (χ1v) is 6.94. The summed E-state index contributed by atoms with van der Waals surface area (Å²) in [5.41, 5.74) is 7.23. The summed E-state index contributed by atoms with van der Waals surface area (Å²) < 4.78 is 0. The molecule has 0 fully saturated rings. The maximum atomic E-state index is 5.99. The zero-order valence-corrected chi connectivity index (χ0v) is 11.6. The van der Waals surface area contributed by atoms with Gasteiger partial charge in [0.2, 0.25) is 0 Å². The molecule has 0 aliphatic rings. The molecule has 0 saturated heterocycles. The summed E-state index contributed by atoms with van der Waals surface area (Å²) >= 11 is 1.94. The Morgan fingerprint density at radius 3 is 2.12 bits per heavy atom. The summed E-state index contributed by atoms with van der Waals surface area (Å²) in [6.07, 6.45) is 0.995. The normalized spacial score (nSPS) is 15.1. The molecule has 0 bridgehead atoms. The second-order valence-corrected chi connectivity index (χ2v) is 6.10. The summed E-state index contributed by atoms with van der Waals surface area (Å²) in [4.78, 5) is 1.34. The van der Waals surface area contributed by atoms with Crippen LogP contribution in [0.25, 0.3) is 0 Å². The van der Waals surface area contributed by atoms with Crippen LogP contribution in [0.15, 0.2) is 29.2 Å². The smallest absolute Gasteiger partial charge is 0.0292 e. The minimum absolute atomic E-state index is 0.182. The molecule has 0 heterocycles. The minimum atomic E-state index is 0.182. The average Bonchev–Trinajstić information content (AvgIpc) is 2.28. The van der Waals surface area contributed by atoms with Crippen molar-refractivity contribution in [3.63, 3.8) is 0 Å². The van der Waals surface area contributed by atoms with Gasteiger partial charge in [-0.3, -0.25) is 0 Å². The first-order valence-electron chi connectivity index (χ1n) is 6.06. The standard InChI is InChI=1S/C14H23NS/c1-5-14(15)12-6-8-13(9-7-12)16-11(4)10(2)3/h6-11,14H,5,15H2,1-4H3. The van der Waals surface area contributed by atoms with Crippen molar-refractivity contribution >= 4 is 11.8 Å². The Bertz CT molecular complexity index is 305. The third kappa shape index (κ3) is 3.84. The lowest BCUT2D eigenvalue weighted by Crippen LogP contribution is -2.08. The average molecular weight is 237 g/mol. The second kappa shape index (κ2) is 6.31. The van der Waals surface area contributed by atoms with Crippen LogP contribution in [-0.2, 0) is 0 Å². The summed E-state index contributed by atoms with van der Waals surface area (Å²) in [7, 11) is 0. The van der Waals surface area contributed by atoms with Gasteiger partial charge in [0, 0.05) is 16.2 Å². The van der Waals surface area contributed by atoms with Crippen molar-refractivity contribution in [2.75, 3.05) is 0 Å². The zero-order chi connectivity index (χ0) is 12.1. The van der Waals surface area contributed by atoms with E-state index in [2.05, 4.69) is 52.0 Å². The lowest BCUT2D eigenvalue weighted by Gasteiger charge is -2.15. The van der Waals surface area contributed by atoms with Gasteiger partial charge in [0.25, 0.3) is 0 Å². The van der Waals surface area contributed by atoms with Crippen LogP contribution in [0, 0.1) is 5.92 Å². The topological polar surface area (TPSA) is 26.0 Å². The Labute approximate surface area is 104 Å². The number of nitrogens with two attached hydrogens (primary N) is 1. The summed E-state index contributed by atoms with van der Waals surface area (Å²) in [5.74, 6) is 0.711. The summed E-state index contributed by atoms with van der Waals surface area (Å²) in [6, 6.07) is 8.87. The Balaban J connectivity index is 2.64. The van der Waals surface area contributed by atoms with Crippen molar-refractivity contribution in [1.82, 2.24) is 0 Å². The van der Waals surface area contributed by atoms with E-state index in [9.17, 15) is 0 Å². The van der Waals surface area contributed by atoms with Gasteiger partial charge in [-0.05, 0) is 30.0 Å². The van der Waals surface area contributed by atoms with E-state index in [1.165, 1.54) is 10.5 Å². The van der Waals surface area contributed by atoms with Gasteiger partial charge < -0.3 is 5.73 Å². The van der Waals surface area contributed by atoms with Gasteiger partial charge in [0.15, 0.2) is 0 Å². The number of hydrogen-bond donors (Lipinski definition) is 1. The first-order chi connectivity index (χ1) is 7.54. The molecule has 1 aromatic rings. The van der Waals surface area contributed by atoms with Crippen molar-refractivity contribution in [2.24, 2.45) is 11.7 Å². The van der Waals surface area contributed by atoms with Crippen molar-refractivity contribution in [3.05, 3.63) is 29.8 Å². The zero-order valence-electron chi connectivity index (χ0n) is 10.7. The minimum Gasteiger partial charge on any atom is -0.324 e. The lowest BCUT2D eigenvalue weighted by atomic mass is 10.1. The molecule has 2 N–H and O–H groups in total. The number of hydrogen-bond acceptors (Lipinski definition) is 2. The van der Waals surface area contributed by atoms with Crippen LogP contribution >= 0.6 is 11.8 Å². The molecular formula is C14H23NS. The molecule has 16 heavy (non-hydrogen) atoms. The van der Waals surface area contributed by atoms with Gasteiger partial charge in [-0.1, -0.05) is 39.8 Å². The lowest BCUT2D eigenvalue weighted by molar-refractivity contribution is 0.642. The second-order valence-electron chi connectivity index (χ2n) is 4.65. The van der Waals surface area contributed by atoms with Gasteiger partial charge >= 0.3 is 0 Å². The molecule has 2 atom stereocenters. The molecule has 0 amide bonds. The van der Waals surface area contributed by atoms with E-state index in [1.807, 2.05) is 11.8 Å². The first kappa shape index (κ1) is 13.6. The van der Waals surface area contributed by atoms with Crippen LogP contribution in [-0.4, -0.2) is 5.25 Å². The molecular weight excluding hydrogens is 214 g/mol. The number of rotatable bonds is 5. The van der Waals surface area contributed by atoms with E-state index in [-0.39, 0.29) is 6.04 Å². The molecule has 1 nitrogen and oxygen atoms in total. The maximum Gasteiger partial charge on any atom is 0.0292 e. The molecule has 0 aromatic heterocycles. The van der Waals surface area contributed by atoms with Crippen LogP contribution in [0.4, 0.5) is 0 Å². The molecule has 0 aliphatic carbocycles. The molecule has 1 aromatic carbocycles. The van der Waals surface area contributed by atoms with E-state index < -0.39 is 0 Å². The largest absolute Gasteiger partial charge is 0.324 e. The van der Waals surface area contributed by atoms with Crippen molar-refractivity contribution < 1.29 is 0 Å². The van der Waals surface area contributed by atoms with E-state index >= 15 is 0 Å². The number of benzene rings is 1. The highest BCUT2D eigenvalue weighted by Crippen LogP contribution is 2.28. The van der Waals surface area contributed by atoms with Gasteiger partial charge in [-0.2, -0.15) is 0 Å². The molecule has 0 aliphatic heterocycles. The van der Waals surface area contributed by atoms with E-state index in [4.69, 9.17) is 5.73 Å². The fourth-order valence-electron chi connectivity index (χ4n) is 1.38. The van der Waals surface area contributed by atoms with Gasteiger partial charge in [0.1, 0.15) is 0 Å². The number of thioether (sulfide) groups is 1. The van der Waals surface area contributed by atoms with Crippen molar-refractivity contribution in [2.45, 2.75) is 50.3 Å². The summed E-state index contributed by atoms with van der Waals surface area (Å²) in [6.45, 7) is 8.92. The summed E-state index contributed by atoms with van der Waals surface area (Å²) in [5, 5.41) is 0.658. The van der Waals surface area contributed by atoms with Crippen molar-refractivity contribution in [3.8, 4) is 0 Å². The van der Waals surface area contributed by atoms with Crippen molar-refractivity contribution in [1.29, 1.82) is 0 Å². The quantitative estimate of drug-likeness (QED) is 0.775. The SMILES string of the molecule is CCC(N)c1ccc(SC(C)C(C)C)cc1. The third-order valence-electron chi connectivity index (χ3n) is 3.01. The monoisotopic (exact) mass is 237 g/mol. The predicted molar refractivity (Wildman–Crippen MR) is 73.8 cm³/mol. The molecule has 0 spiro atoms. The van der Waals surface area contributed by atoms with Crippen LogP contribution in [0.2, 0.25) is 0 Å². The highest BCUT2D eigenvalue weighted by atomic mass is 32.2. The van der Waals surface area contributed by atoms with Gasteiger partial charge in [-0.25, -0.2) is 0 Å². The highest BCUT2D eigenvalue weighted by molar-refractivity contribution is 8.00. The van der Waals surface area contributed by atoms with Crippen LogP contribution in [0.1, 0.15) is 45.7 Å². The van der Waals surface area contributed by atoms with E-state index in [0.29, 0.717) is 11.2 Å². The molecule has 1 rings (SSSR count). The molecule has 2 unspecified atom stereocenters. The molecule has 2 heteroatoms. The predicted octanol–water partition coefficient (Wildman–Crippen LogP) is 4.23. The highest BCUT2D eigenvalue weighted by Gasteiger charge is 2.09. The van der Waals surface area contributed by atoms with Gasteiger partial charge in [-0.15, -0.1) is 11.8 Å². The third-order valence-corrected chi connectivity index (χ3v) is 4.47.